The number of likely N-dealkylation sites (tertiary alicyclic amines) is 1. The van der Waals surface area contributed by atoms with Crippen molar-refractivity contribution in [1.82, 2.24) is 29.7 Å². The van der Waals surface area contributed by atoms with E-state index in [1.165, 1.54) is 18.1 Å². The van der Waals surface area contributed by atoms with E-state index >= 15 is 0 Å². The molecule has 0 unspecified atom stereocenters. The minimum atomic E-state index is -0.820. The van der Waals surface area contributed by atoms with E-state index in [2.05, 4.69) is 35.8 Å². The average Bonchev–Trinajstić information content (AvgIpc) is 3.41. The number of benzene rings is 1. The monoisotopic (exact) mass is 659 g/mol. The van der Waals surface area contributed by atoms with Crippen LogP contribution in [0.4, 0.5) is 10.6 Å². The van der Waals surface area contributed by atoms with Crippen LogP contribution in [0, 0.1) is 5.92 Å². The zero-order chi connectivity index (χ0) is 29.6. The van der Waals surface area contributed by atoms with Crippen LogP contribution in [0.15, 0.2) is 33.0 Å². The summed E-state index contributed by atoms with van der Waals surface area (Å²) in [5.74, 6) is 2.15. The fourth-order valence-electron chi connectivity index (χ4n) is 5.34. The first-order valence-corrected chi connectivity index (χ1v) is 15.7. The maximum Gasteiger partial charge on any atom is 0.408 e. The van der Waals surface area contributed by atoms with Gasteiger partial charge >= 0.3 is 6.09 Å². The largest absolute Gasteiger partial charge is 0.454 e. The summed E-state index contributed by atoms with van der Waals surface area (Å²) in [5, 5.41) is 3.59. The van der Waals surface area contributed by atoms with E-state index < -0.39 is 17.2 Å². The van der Waals surface area contributed by atoms with Crippen molar-refractivity contribution in [1.29, 1.82) is 0 Å². The number of halogens is 1. The summed E-state index contributed by atoms with van der Waals surface area (Å²) in [5.41, 5.74) is 6.00. The van der Waals surface area contributed by atoms with Gasteiger partial charge in [0.1, 0.15) is 17.5 Å². The second kappa shape index (κ2) is 11.1. The molecule has 2 fully saturated rings. The smallest absolute Gasteiger partial charge is 0.408 e. The Morgan fingerprint density at radius 3 is 2.60 bits per heavy atom. The molecule has 1 saturated heterocycles. The molecule has 12 nitrogen and oxygen atoms in total. The van der Waals surface area contributed by atoms with Crippen molar-refractivity contribution in [2.24, 2.45) is 5.92 Å². The maximum absolute atomic E-state index is 13.3. The zero-order valence-corrected chi connectivity index (χ0v) is 26.2. The van der Waals surface area contributed by atoms with Gasteiger partial charge in [-0.25, -0.2) is 19.7 Å². The van der Waals surface area contributed by atoms with Crippen molar-refractivity contribution in [3.05, 3.63) is 22.9 Å². The van der Waals surface area contributed by atoms with Gasteiger partial charge < -0.3 is 34.7 Å². The summed E-state index contributed by atoms with van der Waals surface area (Å²) in [7, 11) is 0. The molecule has 0 radical (unpaired) electrons. The number of piperidine rings is 1. The van der Waals surface area contributed by atoms with E-state index in [-0.39, 0.29) is 12.7 Å². The molecule has 0 atom stereocenters. The Morgan fingerprint density at radius 2 is 1.90 bits per heavy atom. The highest BCUT2D eigenvalue weighted by molar-refractivity contribution is 9.10. The molecule has 14 heteroatoms. The molecule has 1 saturated carbocycles. The number of fused-ring (bicyclic) bond motifs is 2. The van der Waals surface area contributed by atoms with Crippen LogP contribution in [-0.2, 0) is 16.1 Å². The number of anilines is 1. The van der Waals surface area contributed by atoms with Gasteiger partial charge in [0, 0.05) is 29.0 Å². The predicted molar refractivity (Wildman–Crippen MR) is 159 cm³/mol. The van der Waals surface area contributed by atoms with Gasteiger partial charge in [-0.05, 0) is 86.9 Å². The number of carbonyl (C=O) groups excluding carboxylic acids is 2. The van der Waals surface area contributed by atoms with Crippen molar-refractivity contribution >= 4 is 56.7 Å². The lowest BCUT2D eigenvalue weighted by molar-refractivity contribution is -0.136. The Labute approximate surface area is 256 Å². The van der Waals surface area contributed by atoms with Crippen LogP contribution in [0.1, 0.15) is 52.9 Å². The fourth-order valence-corrected chi connectivity index (χ4v) is 6.85. The zero-order valence-electron chi connectivity index (χ0n) is 23.8. The Morgan fingerprint density at radius 1 is 1.19 bits per heavy atom. The SMILES string of the molecule is CC(C)(C)OC(=O)NC1(C(=O)N2CCC(CCn3c(Sc4cc5c(cc4Br)OCO5)nc4c(N)ncnc43)CC2)CC1. The Balaban J connectivity index is 1.11. The number of nitrogens with two attached hydrogens (primary N) is 1. The molecule has 2 aliphatic heterocycles. The van der Waals surface area contributed by atoms with Crippen LogP contribution < -0.4 is 20.5 Å². The van der Waals surface area contributed by atoms with Crippen molar-refractivity contribution in [2.75, 3.05) is 25.6 Å². The third-order valence-electron chi connectivity index (χ3n) is 7.72. The number of amides is 2. The maximum atomic E-state index is 13.3. The third kappa shape index (κ3) is 5.96. The number of ether oxygens (including phenoxy) is 3. The molecular formula is C28H34BrN7O5S. The number of aromatic nitrogens is 4. The highest BCUT2D eigenvalue weighted by Gasteiger charge is 2.54. The molecule has 42 heavy (non-hydrogen) atoms. The topological polar surface area (TPSA) is 147 Å². The quantitative estimate of drug-likeness (QED) is 0.365. The van der Waals surface area contributed by atoms with Crippen molar-refractivity contribution < 1.29 is 23.8 Å². The van der Waals surface area contributed by atoms with Gasteiger partial charge in [0.15, 0.2) is 33.6 Å². The molecule has 4 heterocycles. The van der Waals surface area contributed by atoms with Crippen LogP contribution in [0.3, 0.4) is 0 Å². The van der Waals surface area contributed by atoms with Crippen LogP contribution >= 0.6 is 27.7 Å². The first-order chi connectivity index (χ1) is 20.0. The van der Waals surface area contributed by atoms with E-state index in [1.54, 1.807) is 0 Å². The van der Waals surface area contributed by atoms with E-state index in [4.69, 9.17) is 24.9 Å². The molecule has 3 N–H and O–H groups in total. The minimum Gasteiger partial charge on any atom is -0.454 e. The fraction of sp³-hybridized carbons (Fsp3) is 0.536. The molecular weight excluding hydrogens is 626 g/mol. The lowest BCUT2D eigenvalue weighted by Gasteiger charge is -2.35. The summed E-state index contributed by atoms with van der Waals surface area (Å²) in [4.78, 5) is 41.9. The minimum absolute atomic E-state index is 0.00687. The van der Waals surface area contributed by atoms with Crippen LogP contribution in [0.5, 0.6) is 11.5 Å². The van der Waals surface area contributed by atoms with E-state index in [1.807, 2.05) is 37.8 Å². The number of nitrogens with zero attached hydrogens (tertiary/aromatic N) is 5. The molecule has 3 aliphatic rings. The number of nitrogens with one attached hydrogen (secondary N) is 1. The molecule has 1 aliphatic carbocycles. The average molecular weight is 661 g/mol. The van der Waals surface area contributed by atoms with Crippen LogP contribution in [-0.4, -0.2) is 67.4 Å². The van der Waals surface area contributed by atoms with Gasteiger partial charge in [0.2, 0.25) is 12.7 Å². The predicted octanol–water partition coefficient (Wildman–Crippen LogP) is 4.74. The molecule has 1 aromatic carbocycles. The molecule has 0 bridgehead atoms. The summed E-state index contributed by atoms with van der Waals surface area (Å²) >= 11 is 5.14. The number of nitrogen functional groups attached to an aromatic ring is 1. The van der Waals surface area contributed by atoms with Crippen LogP contribution in [0.25, 0.3) is 11.2 Å². The summed E-state index contributed by atoms with van der Waals surface area (Å²) in [6.45, 7) is 7.65. The number of carbonyl (C=O) groups is 2. The number of hydrogen-bond donors (Lipinski definition) is 2. The van der Waals surface area contributed by atoms with Crippen molar-refractivity contribution in [3.63, 3.8) is 0 Å². The Kier molecular flexibility index (Phi) is 7.62. The first-order valence-electron chi connectivity index (χ1n) is 14.1. The lowest BCUT2D eigenvalue weighted by Crippen LogP contribution is -2.53. The van der Waals surface area contributed by atoms with Gasteiger partial charge in [-0.3, -0.25) is 4.79 Å². The number of aryl methyl sites for hydroxylation is 1. The molecule has 224 valence electrons. The van der Waals surface area contributed by atoms with Gasteiger partial charge in [0.05, 0.1) is 0 Å². The van der Waals surface area contributed by atoms with Gasteiger partial charge in [-0.1, -0.05) is 11.8 Å². The van der Waals surface area contributed by atoms with Gasteiger partial charge in [0.25, 0.3) is 0 Å². The number of alkyl carbamates (subject to hydrolysis) is 1. The number of imidazole rings is 1. The van der Waals surface area contributed by atoms with E-state index in [0.29, 0.717) is 66.9 Å². The molecule has 2 amide bonds. The molecule has 2 aromatic heterocycles. The Bertz CT molecular complexity index is 1530. The summed E-state index contributed by atoms with van der Waals surface area (Å²) in [6.07, 6.45) is 4.87. The second-order valence-electron chi connectivity index (χ2n) is 11.9. The third-order valence-corrected chi connectivity index (χ3v) is 9.69. The highest BCUT2D eigenvalue weighted by Crippen LogP contribution is 2.43. The van der Waals surface area contributed by atoms with E-state index in [0.717, 1.165) is 33.8 Å². The van der Waals surface area contributed by atoms with Crippen LogP contribution in [0.2, 0.25) is 0 Å². The summed E-state index contributed by atoms with van der Waals surface area (Å²) < 4.78 is 19.4. The summed E-state index contributed by atoms with van der Waals surface area (Å²) in [6, 6.07) is 3.84. The number of rotatable bonds is 7. The second-order valence-corrected chi connectivity index (χ2v) is 13.8. The molecule has 0 spiro atoms. The highest BCUT2D eigenvalue weighted by atomic mass is 79.9. The van der Waals surface area contributed by atoms with Crippen molar-refractivity contribution in [2.45, 2.75) is 80.6 Å². The van der Waals surface area contributed by atoms with E-state index in [9.17, 15) is 9.59 Å². The van der Waals surface area contributed by atoms with Gasteiger partial charge in [-0.2, -0.15) is 0 Å². The number of hydrogen-bond acceptors (Lipinski definition) is 10. The molecule has 6 rings (SSSR count). The standard InChI is InChI=1S/C28H34BrN7O5S/c1-27(2,3)41-26(38)34-28(7-8-28)24(37)35-9-4-16(5-10-35)6-11-36-23-21(22(30)31-14-32-23)33-25(36)42-20-13-19-18(12-17(20)29)39-15-40-19/h12-14,16H,4-11,15H2,1-3H3,(H,34,38)(H2,30,31,32). The van der Waals surface area contributed by atoms with Crippen molar-refractivity contribution in [3.8, 4) is 11.5 Å². The Hall–Kier alpha value is -3.26. The lowest BCUT2D eigenvalue weighted by atomic mass is 9.93. The first kappa shape index (κ1) is 28.8. The van der Waals surface area contributed by atoms with Gasteiger partial charge in [-0.15, -0.1) is 0 Å². The normalized spacial score (nSPS) is 17.9. The molecule has 3 aromatic rings.